The Morgan fingerprint density at radius 1 is 1.14 bits per heavy atom. The second kappa shape index (κ2) is 8.44. The zero-order valence-corrected chi connectivity index (χ0v) is 18.0. The van der Waals surface area contributed by atoms with Gasteiger partial charge in [0.15, 0.2) is 9.84 Å². The first-order valence-corrected chi connectivity index (χ1v) is 12.3. The molecule has 2 aromatic rings. The highest BCUT2D eigenvalue weighted by Gasteiger charge is 2.43. The van der Waals surface area contributed by atoms with Crippen molar-refractivity contribution in [3.8, 4) is 0 Å². The number of nitrogens with one attached hydrogen (secondary N) is 1. The van der Waals surface area contributed by atoms with Crippen LogP contribution in [0.1, 0.15) is 25.7 Å². The van der Waals surface area contributed by atoms with Gasteiger partial charge in [0.25, 0.3) is 0 Å². The van der Waals surface area contributed by atoms with Gasteiger partial charge in [-0.3, -0.25) is 0 Å². The first kappa shape index (κ1) is 20.3. The second-order valence-electron chi connectivity index (χ2n) is 8.05. The lowest BCUT2D eigenvalue weighted by atomic mass is 9.90. The van der Waals surface area contributed by atoms with E-state index in [0.717, 1.165) is 55.6 Å². The zero-order chi connectivity index (χ0) is 20.4. The maximum absolute atomic E-state index is 11.5. The number of anilines is 2. The van der Waals surface area contributed by atoms with E-state index in [1.807, 2.05) is 0 Å². The molecular weight excluding hydrogens is 410 g/mol. The number of hydrogen-bond acceptors (Lipinski definition) is 7. The van der Waals surface area contributed by atoms with Gasteiger partial charge in [-0.2, -0.15) is 0 Å². The minimum atomic E-state index is -3.19. The molecule has 0 radical (unpaired) electrons. The molecule has 0 bridgehead atoms. The van der Waals surface area contributed by atoms with Crippen molar-refractivity contribution in [3.63, 3.8) is 0 Å². The molecule has 9 heteroatoms. The van der Waals surface area contributed by atoms with Crippen LogP contribution in [-0.2, 0) is 9.84 Å². The minimum absolute atomic E-state index is 0.251. The summed E-state index contributed by atoms with van der Waals surface area (Å²) in [6.07, 6.45) is 10.7. The van der Waals surface area contributed by atoms with Crippen LogP contribution in [0.25, 0.3) is 0 Å². The molecule has 0 spiro atoms. The highest BCUT2D eigenvalue weighted by atomic mass is 35.5. The van der Waals surface area contributed by atoms with Gasteiger partial charge in [-0.05, 0) is 55.6 Å². The highest BCUT2D eigenvalue weighted by molar-refractivity contribution is 7.90. The third-order valence-corrected chi connectivity index (χ3v) is 7.29. The lowest BCUT2D eigenvalue weighted by molar-refractivity contribution is 0.343. The van der Waals surface area contributed by atoms with E-state index in [4.69, 9.17) is 11.6 Å². The number of hydrogen-bond donors (Lipinski definition) is 1. The number of halogens is 1. The summed E-state index contributed by atoms with van der Waals surface area (Å²) in [5.41, 5.74) is 0. The van der Waals surface area contributed by atoms with Gasteiger partial charge in [-0.15, -0.1) is 0 Å². The van der Waals surface area contributed by atoms with E-state index in [9.17, 15) is 8.42 Å². The van der Waals surface area contributed by atoms with Gasteiger partial charge in [0, 0.05) is 32.1 Å². The first-order chi connectivity index (χ1) is 13.9. The fourth-order valence-electron chi connectivity index (χ4n) is 4.27. The molecule has 1 N–H and O–H groups in total. The maximum Gasteiger partial charge on any atom is 0.225 e. The van der Waals surface area contributed by atoms with Crippen molar-refractivity contribution >= 4 is 33.2 Å². The fourth-order valence-corrected chi connectivity index (χ4v) is 4.92. The normalized spacial score (nSPS) is 22.5. The summed E-state index contributed by atoms with van der Waals surface area (Å²) >= 11 is 5.87. The van der Waals surface area contributed by atoms with Crippen LogP contribution in [0.15, 0.2) is 35.6 Å². The number of rotatable bonds is 7. The topological polar surface area (TPSA) is 88.1 Å². The molecule has 0 amide bonds. The molecule has 1 saturated heterocycles. The lowest BCUT2D eigenvalue weighted by Gasteiger charge is -2.32. The maximum atomic E-state index is 11.5. The van der Waals surface area contributed by atoms with Crippen LogP contribution in [0.2, 0.25) is 5.02 Å². The summed E-state index contributed by atoms with van der Waals surface area (Å²) in [4.78, 5) is 15.3. The lowest BCUT2D eigenvalue weighted by Crippen LogP contribution is -2.35. The standard InChI is InChI=1S/C20H26ClN5O2S/c1-29(27,28)17-2-3-19(23-13-17)22-7-4-15-10-18(15)14-5-8-26(9-6-14)20-24-11-16(21)12-25-20/h2-3,11-15,18H,4-10H2,1H3,(H,22,23)/t15-,18-/m1/s1. The molecule has 2 fully saturated rings. The summed E-state index contributed by atoms with van der Waals surface area (Å²) in [5, 5.41) is 3.88. The summed E-state index contributed by atoms with van der Waals surface area (Å²) in [6.45, 7) is 2.87. The molecule has 0 aromatic carbocycles. The van der Waals surface area contributed by atoms with E-state index >= 15 is 0 Å². The fraction of sp³-hybridized carbons (Fsp3) is 0.550. The number of sulfone groups is 1. The smallest absolute Gasteiger partial charge is 0.225 e. The third-order valence-electron chi connectivity index (χ3n) is 6.00. The highest BCUT2D eigenvalue weighted by Crippen LogP contribution is 2.49. The third kappa shape index (κ3) is 5.17. The quantitative estimate of drug-likeness (QED) is 0.713. The Morgan fingerprint density at radius 2 is 1.86 bits per heavy atom. The van der Waals surface area contributed by atoms with Crippen molar-refractivity contribution < 1.29 is 8.42 Å². The number of nitrogens with zero attached hydrogens (tertiary/aromatic N) is 4. The van der Waals surface area contributed by atoms with Crippen molar-refractivity contribution in [2.75, 3.05) is 36.1 Å². The molecule has 156 valence electrons. The van der Waals surface area contributed by atoms with E-state index in [0.29, 0.717) is 5.02 Å². The Hall–Kier alpha value is -1.93. The summed E-state index contributed by atoms with van der Waals surface area (Å²) < 4.78 is 23.0. The molecule has 3 heterocycles. The van der Waals surface area contributed by atoms with Crippen LogP contribution in [0.4, 0.5) is 11.8 Å². The molecule has 2 aromatic heterocycles. The van der Waals surface area contributed by atoms with Crippen LogP contribution >= 0.6 is 11.6 Å². The summed E-state index contributed by atoms with van der Waals surface area (Å²) in [6, 6.07) is 3.33. The Kier molecular flexibility index (Phi) is 5.92. The van der Waals surface area contributed by atoms with Crippen LogP contribution in [0.5, 0.6) is 0 Å². The average Bonchev–Trinajstić information content (AvgIpc) is 3.48. The molecule has 4 rings (SSSR count). The monoisotopic (exact) mass is 435 g/mol. The van der Waals surface area contributed by atoms with Gasteiger partial charge in [-0.1, -0.05) is 11.6 Å². The Balaban J connectivity index is 1.18. The SMILES string of the molecule is CS(=O)(=O)c1ccc(NCC[C@@H]2C[C@@H]2C2CCN(c3ncc(Cl)cn3)CC2)nc1. The predicted molar refractivity (Wildman–Crippen MR) is 114 cm³/mol. The average molecular weight is 436 g/mol. The van der Waals surface area contributed by atoms with Gasteiger partial charge in [0.05, 0.1) is 22.3 Å². The van der Waals surface area contributed by atoms with E-state index in [2.05, 4.69) is 25.2 Å². The molecule has 1 aliphatic carbocycles. The minimum Gasteiger partial charge on any atom is -0.370 e. The van der Waals surface area contributed by atoms with Gasteiger partial charge in [0.1, 0.15) is 5.82 Å². The van der Waals surface area contributed by atoms with Crippen molar-refractivity contribution in [2.24, 2.45) is 17.8 Å². The number of piperidine rings is 1. The van der Waals surface area contributed by atoms with Gasteiger partial charge >= 0.3 is 0 Å². The van der Waals surface area contributed by atoms with E-state index in [-0.39, 0.29) is 4.90 Å². The molecule has 2 aliphatic rings. The largest absolute Gasteiger partial charge is 0.370 e. The van der Waals surface area contributed by atoms with Crippen molar-refractivity contribution in [2.45, 2.75) is 30.6 Å². The van der Waals surface area contributed by atoms with E-state index in [1.165, 1.54) is 31.7 Å². The van der Waals surface area contributed by atoms with Crippen LogP contribution in [0.3, 0.4) is 0 Å². The van der Waals surface area contributed by atoms with Crippen LogP contribution in [0, 0.1) is 17.8 Å². The Morgan fingerprint density at radius 3 is 2.48 bits per heavy atom. The van der Waals surface area contributed by atoms with Gasteiger partial charge in [-0.25, -0.2) is 23.4 Å². The molecule has 1 saturated carbocycles. The summed E-state index contributed by atoms with van der Waals surface area (Å²) in [5.74, 6) is 3.90. The molecule has 29 heavy (non-hydrogen) atoms. The number of aromatic nitrogens is 3. The van der Waals surface area contributed by atoms with Gasteiger partial charge in [0.2, 0.25) is 5.95 Å². The molecule has 0 unspecified atom stereocenters. The van der Waals surface area contributed by atoms with Crippen molar-refractivity contribution in [1.29, 1.82) is 0 Å². The Labute approximate surface area is 176 Å². The van der Waals surface area contributed by atoms with Crippen LogP contribution in [-0.4, -0.2) is 49.3 Å². The summed E-state index contributed by atoms with van der Waals surface area (Å²) in [7, 11) is -3.19. The second-order valence-corrected chi connectivity index (χ2v) is 10.5. The molecular formula is C20H26ClN5O2S. The number of pyridine rings is 1. The van der Waals surface area contributed by atoms with Crippen LogP contribution < -0.4 is 10.2 Å². The van der Waals surface area contributed by atoms with E-state index in [1.54, 1.807) is 24.5 Å². The van der Waals surface area contributed by atoms with Crippen molar-refractivity contribution in [1.82, 2.24) is 15.0 Å². The first-order valence-electron chi connectivity index (χ1n) is 10.0. The van der Waals surface area contributed by atoms with E-state index < -0.39 is 9.84 Å². The van der Waals surface area contributed by atoms with Gasteiger partial charge < -0.3 is 10.2 Å². The predicted octanol–water partition coefficient (Wildman–Crippen LogP) is 3.28. The Bertz CT molecular complexity index is 928. The molecule has 7 nitrogen and oxygen atoms in total. The van der Waals surface area contributed by atoms with Crippen molar-refractivity contribution in [3.05, 3.63) is 35.7 Å². The molecule has 1 aliphatic heterocycles. The molecule has 2 atom stereocenters. The zero-order valence-electron chi connectivity index (χ0n) is 16.5.